The summed E-state index contributed by atoms with van der Waals surface area (Å²) in [6.07, 6.45) is -1.09. The van der Waals surface area contributed by atoms with Crippen molar-refractivity contribution < 1.29 is 33.8 Å². The largest absolute Gasteiger partial charge is 0.480 e. The van der Waals surface area contributed by atoms with E-state index >= 15 is 0 Å². The molecule has 1 amide bonds. The summed E-state index contributed by atoms with van der Waals surface area (Å²) in [7, 11) is 0. The monoisotopic (exact) mass is 381 g/mol. The summed E-state index contributed by atoms with van der Waals surface area (Å²) in [5.74, 6) is -3.00. The highest BCUT2D eigenvalue weighted by molar-refractivity contribution is 8.13. The van der Waals surface area contributed by atoms with Gasteiger partial charge in [-0.05, 0) is 25.6 Å². The van der Waals surface area contributed by atoms with Gasteiger partial charge in [0.05, 0.1) is 10.7 Å². The first kappa shape index (κ1) is 22.6. The molecule has 0 bridgehead atoms. The van der Waals surface area contributed by atoms with Crippen LogP contribution in [0.3, 0.4) is 0 Å². The Kier molecular flexibility index (Phi) is 9.20. The molecule has 2 N–H and O–H groups in total. The van der Waals surface area contributed by atoms with Crippen molar-refractivity contribution in [1.29, 1.82) is 0 Å². The van der Waals surface area contributed by atoms with Gasteiger partial charge in [0.25, 0.3) is 0 Å². The molecule has 0 saturated heterocycles. The van der Waals surface area contributed by atoms with Gasteiger partial charge in [-0.25, -0.2) is 9.59 Å². The van der Waals surface area contributed by atoms with E-state index < -0.39 is 40.2 Å². The molecule has 0 unspecified atom stereocenters. The quantitative estimate of drug-likeness (QED) is 0.330. The minimum atomic E-state index is -1.29. The molecule has 0 aromatic carbocycles. The minimum Gasteiger partial charge on any atom is -0.480 e. The first-order valence-electron chi connectivity index (χ1n) is 7.14. The first-order chi connectivity index (χ1) is 10.8. The van der Waals surface area contributed by atoms with Crippen molar-refractivity contribution >= 4 is 47.5 Å². The number of hydrogen-bond donors (Lipinski definition) is 3. The van der Waals surface area contributed by atoms with Crippen LogP contribution in [0, 0.1) is 5.92 Å². The zero-order chi connectivity index (χ0) is 19.1. The van der Waals surface area contributed by atoms with Crippen molar-refractivity contribution in [1.82, 2.24) is 5.32 Å². The summed E-state index contributed by atoms with van der Waals surface area (Å²) < 4.78 is 8.63. The first-order valence-corrected chi connectivity index (χ1v) is 8.58. The predicted molar refractivity (Wildman–Crippen MR) is 92.0 cm³/mol. The Labute approximate surface area is 150 Å². The van der Waals surface area contributed by atoms with Crippen molar-refractivity contribution in [3.8, 4) is 0 Å². The standard InChI is InChI=1S/C14H23NO7S2/c1-7(2)11(18)21-8(3)22-13(20)24-6-9(10(16)17)15-12(19)14(4,5)23/h7-9,23H,6H2,1-5H3,(H,15,19)(H,16,17)/t8-,9-/m0/s1. The summed E-state index contributed by atoms with van der Waals surface area (Å²) in [4.78, 5) is 45.9. The maximum Gasteiger partial charge on any atom is 0.370 e. The molecule has 0 fully saturated rings. The fraction of sp³-hybridized carbons (Fsp3) is 0.714. The van der Waals surface area contributed by atoms with E-state index in [2.05, 4.69) is 17.9 Å². The molecule has 10 heteroatoms. The van der Waals surface area contributed by atoms with Crippen LogP contribution < -0.4 is 5.32 Å². The number of aliphatic carboxylic acids is 1. The average molecular weight is 381 g/mol. The lowest BCUT2D eigenvalue weighted by Gasteiger charge is -2.21. The number of carbonyl (C=O) groups is 4. The van der Waals surface area contributed by atoms with Crippen LogP contribution in [0.1, 0.15) is 34.6 Å². The van der Waals surface area contributed by atoms with E-state index in [9.17, 15) is 19.2 Å². The number of carboxylic acid groups (broad SMARTS) is 1. The second-order valence-electron chi connectivity index (χ2n) is 5.76. The summed E-state index contributed by atoms with van der Waals surface area (Å²) >= 11 is 4.60. The van der Waals surface area contributed by atoms with E-state index in [0.717, 1.165) is 0 Å². The van der Waals surface area contributed by atoms with Gasteiger partial charge in [-0.1, -0.05) is 13.8 Å². The lowest BCUT2D eigenvalue weighted by atomic mass is 10.2. The van der Waals surface area contributed by atoms with Crippen molar-refractivity contribution in [2.24, 2.45) is 5.92 Å². The number of carboxylic acids is 1. The van der Waals surface area contributed by atoms with Gasteiger partial charge in [0.2, 0.25) is 12.2 Å². The molecule has 0 aliphatic heterocycles. The molecular formula is C14H23NO7S2. The highest BCUT2D eigenvalue weighted by Crippen LogP contribution is 2.14. The fourth-order valence-corrected chi connectivity index (χ4v) is 1.95. The van der Waals surface area contributed by atoms with Gasteiger partial charge >= 0.3 is 17.2 Å². The van der Waals surface area contributed by atoms with Crippen molar-refractivity contribution in [2.75, 3.05) is 5.75 Å². The summed E-state index contributed by atoms with van der Waals surface area (Å²) in [5.41, 5.74) is 0. The topological polar surface area (TPSA) is 119 Å². The molecular weight excluding hydrogens is 358 g/mol. The van der Waals surface area contributed by atoms with E-state index in [4.69, 9.17) is 14.6 Å². The van der Waals surface area contributed by atoms with Gasteiger partial charge in [0, 0.05) is 12.7 Å². The Balaban J connectivity index is 4.45. The summed E-state index contributed by atoms with van der Waals surface area (Å²) in [6.45, 7) is 7.66. The van der Waals surface area contributed by atoms with E-state index in [0.29, 0.717) is 11.8 Å². The molecule has 0 spiro atoms. The Hall–Kier alpha value is -1.42. The lowest BCUT2D eigenvalue weighted by molar-refractivity contribution is -0.167. The van der Waals surface area contributed by atoms with Crippen LogP contribution in [0.15, 0.2) is 0 Å². The highest BCUT2D eigenvalue weighted by Gasteiger charge is 2.29. The van der Waals surface area contributed by atoms with Gasteiger partial charge in [-0.3, -0.25) is 9.59 Å². The van der Waals surface area contributed by atoms with E-state index in [1.165, 1.54) is 20.8 Å². The molecule has 0 radical (unpaired) electrons. The zero-order valence-corrected chi connectivity index (χ0v) is 15.9. The van der Waals surface area contributed by atoms with Gasteiger partial charge in [-0.15, -0.1) is 0 Å². The lowest BCUT2D eigenvalue weighted by Crippen LogP contribution is -2.48. The molecule has 0 aliphatic carbocycles. The third kappa shape index (κ3) is 9.02. The van der Waals surface area contributed by atoms with Gasteiger partial charge in [0.15, 0.2) is 0 Å². The maximum absolute atomic E-state index is 11.8. The minimum absolute atomic E-state index is 0.241. The number of nitrogens with one attached hydrogen (secondary N) is 1. The van der Waals surface area contributed by atoms with Crippen molar-refractivity contribution in [3.05, 3.63) is 0 Å². The fourth-order valence-electron chi connectivity index (χ4n) is 1.15. The highest BCUT2D eigenvalue weighted by atomic mass is 32.2. The molecule has 138 valence electrons. The normalized spacial score (nSPS) is 13.8. The third-order valence-electron chi connectivity index (χ3n) is 2.54. The molecule has 8 nitrogen and oxygen atoms in total. The van der Waals surface area contributed by atoms with Crippen LogP contribution >= 0.6 is 24.4 Å². The Morgan fingerprint density at radius 3 is 2.12 bits per heavy atom. The maximum atomic E-state index is 11.8. The van der Waals surface area contributed by atoms with Crippen LogP contribution in [-0.4, -0.2) is 51.1 Å². The number of carbonyl (C=O) groups excluding carboxylic acids is 3. The van der Waals surface area contributed by atoms with E-state index in [1.807, 2.05) is 0 Å². The summed E-state index contributed by atoms with van der Waals surface area (Å²) in [6, 6.07) is -1.28. The second-order valence-corrected chi connectivity index (χ2v) is 7.83. The molecule has 0 aromatic heterocycles. The number of esters is 1. The van der Waals surface area contributed by atoms with Gasteiger partial charge in [0.1, 0.15) is 6.04 Å². The zero-order valence-electron chi connectivity index (χ0n) is 14.2. The molecule has 0 aromatic rings. The van der Waals surface area contributed by atoms with Crippen LogP contribution in [-0.2, 0) is 23.9 Å². The Bertz CT molecular complexity index is 488. The Morgan fingerprint density at radius 1 is 1.17 bits per heavy atom. The third-order valence-corrected chi connectivity index (χ3v) is 3.58. The van der Waals surface area contributed by atoms with E-state index in [-0.39, 0.29) is 11.7 Å². The molecule has 2 atom stereocenters. The average Bonchev–Trinajstić information content (AvgIpc) is 2.41. The number of thioether (sulfide) groups is 1. The number of rotatable bonds is 8. The molecule has 0 saturated carbocycles. The second kappa shape index (κ2) is 9.77. The van der Waals surface area contributed by atoms with Crippen molar-refractivity contribution in [2.45, 2.75) is 51.7 Å². The van der Waals surface area contributed by atoms with Gasteiger partial charge < -0.3 is 19.9 Å². The predicted octanol–water partition coefficient (Wildman–Crippen LogP) is 1.68. The SMILES string of the molecule is CC(C)C(=O)O[C@H](C)OC(=O)SC[C@H](NC(=O)C(C)(C)S)C(=O)O. The summed E-state index contributed by atoms with van der Waals surface area (Å²) in [5, 5.41) is 10.6. The van der Waals surface area contributed by atoms with Gasteiger partial charge in [-0.2, -0.15) is 12.6 Å². The van der Waals surface area contributed by atoms with Crippen LogP contribution in [0.25, 0.3) is 0 Å². The molecule has 0 rings (SSSR count). The van der Waals surface area contributed by atoms with Crippen molar-refractivity contribution in [3.63, 3.8) is 0 Å². The smallest absolute Gasteiger partial charge is 0.370 e. The van der Waals surface area contributed by atoms with E-state index in [1.54, 1.807) is 13.8 Å². The number of ether oxygens (including phenoxy) is 2. The van der Waals surface area contributed by atoms with Crippen LogP contribution in [0.4, 0.5) is 4.79 Å². The number of amides is 1. The molecule has 0 heterocycles. The molecule has 0 aliphatic rings. The molecule has 24 heavy (non-hydrogen) atoms. The number of thiol groups is 1. The van der Waals surface area contributed by atoms with Crippen LogP contribution in [0.5, 0.6) is 0 Å². The number of hydrogen-bond acceptors (Lipinski definition) is 8. The van der Waals surface area contributed by atoms with Crippen LogP contribution in [0.2, 0.25) is 0 Å². The Morgan fingerprint density at radius 2 is 1.71 bits per heavy atom.